The second kappa shape index (κ2) is 21.1. The monoisotopic (exact) mass is 727 g/mol. The molecule has 6 N–H and O–H groups in total. The van der Waals surface area contributed by atoms with Crippen molar-refractivity contribution in [1.29, 1.82) is 0 Å². The number of carbonyl (C=O) groups excluding carboxylic acids is 4. The van der Waals surface area contributed by atoms with Crippen molar-refractivity contribution in [1.82, 2.24) is 26.6 Å². The molecule has 11 heteroatoms. The van der Waals surface area contributed by atoms with Gasteiger partial charge in [-0.05, 0) is 47.8 Å². The Morgan fingerprint density at radius 3 is 1.72 bits per heavy atom. The van der Waals surface area contributed by atoms with Crippen LogP contribution >= 0.6 is 0 Å². The summed E-state index contributed by atoms with van der Waals surface area (Å²) in [4.78, 5) is 54.5. The molecule has 0 saturated heterocycles. The SMILES string of the molecule is CC(C)C(NC(=O)OCc1ccccc1)C(=O)NC(Cc1ccccc1)C(O)C(NC1CCCCC1)C(=O)N[C@@H](C(=O)NCc1ccccc1)C(C)C. The average molecular weight is 728 g/mol. The van der Waals surface area contributed by atoms with Crippen LogP contribution in [-0.2, 0) is 38.7 Å². The largest absolute Gasteiger partial charge is 0.445 e. The molecule has 0 heterocycles. The van der Waals surface area contributed by atoms with Crippen molar-refractivity contribution in [3.63, 3.8) is 0 Å². The normalized spacial score (nSPS) is 16.1. The zero-order chi connectivity index (χ0) is 38.2. The van der Waals surface area contributed by atoms with E-state index in [1.54, 1.807) is 13.8 Å². The molecule has 286 valence electrons. The number of aliphatic hydroxyl groups excluding tert-OH is 1. The Morgan fingerprint density at radius 2 is 1.15 bits per heavy atom. The molecule has 53 heavy (non-hydrogen) atoms. The summed E-state index contributed by atoms with van der Waals surface area (Å²) < 4.78 is 5.40. The predicted molar refractivity (Wildman–Crippen MR) is 205 cm³/mol. The standard InChI is InChI=1S/C42H57N5O6/c1-28(2)35(39(49)43-26-31-19-11-6-12-20-31)46-41(51)37(44-33-23-15-8-16-24-33)38(48)34(25-30-17-9-5-10-18-30)45-40(50)36(29(3)4)47-42(52)53-27-32-21-13-7-14-22-32/h5-7,9-14,17-22,28-29,33-38,44,48H,8,15-16,23-27H2,1-4H3,(H,43,49)(H,45,50)(H,46,51)(H,47,52)/t34?,35-,36?,37?,38?/m1/s1. The van der Waals surface area contributed by atoms with Crippen LogP contribution in [0.25, 0.3) is 0 Å². The minimum absolute atomic E-state index is 0.0314. The quantitative estimate of drug-likeness (QED) is 0.110. The van der Waals surface area contributed by atoms with Crippen LogP contribution in [0.4, 0.5) is 4.79 Å². The molecule has 0 spiro atoms. The van der Waals surface area contributed by atoms with Gasteiger partial charge < -0.3 is 36.4 Å². The van der Waals surface area contributed by atoms with Gasteiger partial charge in [0.2, 0.25) is 17.7 Å². The Hall–Kier alpha value is -4.74. The van der Waals surface area contributed by atoms with Gasteiger partial charge in [0.15, 0.2) is 0 Å². The van der Waals surface area contributed by atoms with Gasteiger partial charge in [-0.1, -0.05) is 138 Å². The highest BCUT2D eigenvalue weighted by Crippen LogP contribution is 2.20. The highest BCUT2D eigenvalue weighted by Gasteiger charge is 2.39. The van der Waals surface area contributed by atoms with E-state index >= 15 is 0 Å². The van der Waals surface area contributed by atoms with E-state index in [9.17, 15) is 24.3 Å². The smallest absolute Gasteiger partial charge is 0.408 e. The molecule has 5 atom stereocenters. The molecule has 0 aromatic heterocycles. The number of rotatable bonds is 18. The van der Waals surface area contributed by atoms with E-state index in [4.69, 9.17) is 4.74 Å². The van der Waals surface area contributed by atoms with E-state index in [2.05, 4.69) is 26.6 Å². The lowest BCUT2D eigenvalue weighted by atomic mass is 9.90. The third-order valence-electron chi connectivity index (χ3n) is 9.67. The van der Waals surface area contributed by atoms with Crippen LogP contribution in [0.1, 0.15) is 76.5 Å². The van der Waals surface area contributed by atoms with Crippen LogP contribution in [0.15, 0.2) is 91.0 Å². The van der Waals surface area contributed by atoms with Gasteiger partial charge in [0.1, 0.15) is 24.7 Å². The Morgan fingerprint density at radius 1 is 0.642 bits per heavy atom. The van der Waals surface area contributed by atoms with Crippen molar-refractivity contribution in [2.45, 2.75) is 116 Å². The summed E-state index contributed by atoms with van der Waals surface area (Å²) in [7, 11) is 0. The molecule has 3 aromatic rings. The summed E-state index contributed by atoms with van der Waals surface area (Å²) in [5.74, 6) is -1.96. The fraction of sp³-hybridized carbons (Fsp3) is 0.476. The molecule has 4 rings (SSSR count). The summed E-state index contributed by atoms with van der Waals surface area (Å²) in [5.41, 5.74) is 2.58. The van der Waals surface area contributed by atoms with Crippen molar-refractivity contribution in [3.05, 3.63) is 108 Å². The zero-order valence-corrected chi connectivity index (χ0v) is 31.4. The van der Waals surface area contributed by atoms with E-state index in [-0.39, 0.29) is 36.8 Å². The number of amides is 4. The first-order chi connectivity index (χ1) is 25.5. The molecule has 1 fully saturated rings. The molecule has 4 unspecified atom stereocenters. The van der Waals surface area contributed by atoms with Crippen molar-refractivity contribution in [2.24, 2.45) is 11.8 Å². The minimum Gasteiger partial charge on any atom is -0.445 e. The number of hydrogen-bond acceptors (Lipinski definition) is 7. The van der Waals surface area contributed by atoms with Crippen LogP contribution in [0.5, 0.6) is 0 Å². The predicted octanol–water partition coefficient (Wildman–Crippen LogP) is 4.77. The highest BCUT2D eigenvalue weighted by molar-refractivity contribution is 5.90. The van der Waals surface area contributed by atoms with Crippen molar-refractivity contribution in [2.75, 3.05) is 0 Å². The lowest BCUT2D eigenvalue weighted by molar-refractivity contribution is -0.134. The zero-order valence-electron chi connectivity index (χ0n) is 31.4. The van der Waals surface area contributed by atoms with E-state index in [1.165, 1.54) is 0 Å². The van der Waals surface area contributed by atoms with E-state index in [0.29, 0.717) is 6.54 Å². The van der Waals surface area contributed by atoms with Gasteiger partial charge in [-0.15, -0.1) is 0 Å². The van der Waals surface area contributed by atoms with Crippen LogP contribution in [0.3, 0.4) is 0 Å². The molecular weight excluding hydrogens is 670 g/mol. The first kappa shape index (κ1) is 41.0. The van der Waals surface area contributed by atoms with Crippen LogP contribution in [-0.4, -0.2) is 65.2 Å². The van der Waals surface area contributed by atoms with Crippen molar-refractivity contribution >= 4 is 23.8 Å². The van der Waals surface area contributed by atoms with E-state index in [1.807, 2.05) is 105 Å². The number of ether oxygens (including phenoxy) is 1. The molecule has 1 aliphatic rings. The molecule has 11 nitrogen and oxygen atoms in total. The first-order valence-corrected chi connectivity index (χ1v) is 18.9. The van der Waals surface area contributed by atoms with E-state index in [0.717, 1.165) is 48.8 Å². The summed E-state index contributed by atoms with van der Waals surface area (Å²) >= 11 is 0. The Balaban J connectivity index is 1.55. The fourth-order valence-corrected chi connectivity index (χ4v) is 6.58. The van der Waals surface area contributed by atoms with Crippen LogP contribution < -0.4 is 26.6 Å². The highest BCUT2D eigenvalue weighted by atomic mass is 16.5. The molecular formula is C42H57N5O6. The number of aliphatic hydroxyl groups is 1. The molecule has 1 saturated carbocycles. The fourth-order valence-electron chi connectivity index (χ4n) is 6.58. The van der Waals surface area contributed by atoms with Crippen LogP contribution in [0.2, 0.25) is 0 Å². The van der Waals surface area contributed by atoms with Gasteiger partial charge in [-0.2, -0.15) is 0 Å². The topological polar surface area (TPSA) is 158 Å². The van der Waals surface area contributed by atoms with Gasteiger partial charge in [0.05, 0.1) is 12.1 Å². The molecule has 0 aliphatic heterocycles. The number of carbonyl (C=O) groups is 4. The van der Waals surface area contributed by atoms with E-state index < -0.39 is 48.2 Å². The number of benzene rings is 3. The second-order valence-corrected chi connectivity index (χ2v) is 14.6. The number of alkyl carbamates (subject to hydrolysis) is 1. The third kappa shape index (κ3) is 13.3. The average Bonchev–Trinajstić information content (AvgIpc) is 3.17. The van der Waals surface area contributed by atoms with Crippen LogP contribution in [0, 0.1) is 11.8 Å². The van der Waals surface area contributed by atoms with Gasteiger partial charge >= 0.3 is 6.09 Å². The second-order valence-electron chi connectivity index (χ2n) is 14.6. The Labute approximate surface area is 314 Å². The molecule has 4 amide bonds. The Kier molecular flexibility index (Phi) is 16.3. The molecule has 3 aromatic carbocycles. The summed E-state index contributed by atoms with van der Waals surface area (Å²) in [6.45, 7) is 7.67. The third-order valence-corrected chi connectivity index (χ3v) is 9.67. The molecule has 1 aliphatic carbocycles. The molecule has 0 radical (unpaired) electrons. The maximum absolute atomic E-state index is 14.3. The summed E-state index contributed by atoms with van der Waals surface area (Å²) in [5, 5.41) is 27.1. The number of nitrogens with one attached hydrogen (secondary N) is 5. The van der Waals surface area contributed by atoms with Crippen molar-refractivity contribution < 1.29 is 29.0 Å². The minimum atomic E-state index is -1.40. The van der Waals surface area contributed by atoms with Gasteiger partial charge in [-0.3, -0.25) is 14.4 Å². The molecule has 0 bridgehead atoms. The van der Waals surface area contributed by atoms with Gasteiger partial charge in [0, 0.05) is 12.6 Å². The van der Waals surface area contributed by atoms with Gasteiger partial charge in [0.25, 0.3) is 0 Å². The summed E-state index contributed by atoms with van der Waals surface area (Å²) in [6.07, 6.45) is 2.81. The maximum atomic E-state index is 14.3. The lowest BCUT2D eigenvalue weighted by Crippen LogP contribution is -2.64. The maximum Gasteiger partial charge on any atom is 0.408 e. The number of hydrogen-bond donors (Lipinski definition) is 6. The first-order valence-electron chi connectivity index (χ1n) is 18.9. The lowest BCUT2D eigenvalue weighted by Gasteiger charge is -2.36. The van der Waals surface area contributed by atoms with Crippen molar-refractivity contribution in [3.8, 4) is 0 Å². The Bertz CT molecular complexity index is 1570. The summed E-state index contributed by atoms with van der Waals surface area (Å²) in [6, 6.07) is 24.2. The van der Waals surface area contributed by atoms with Gasteiger partial charge in [-0.25, -0.2) is 4.79 Å².